The predicted molar refractivity (Wildman–Crippen MR) is 159 cm³/mol. The van der Waals surface area contributed by atoms with Crippen LogP contribution in [0.15, 0.2) is 48.7 Å². The van der Waals surface area contributed by atoms with Gasteiger partial charge in [-0.2, -0.15) is 18.2 Å². The molecule has 1 aliphatic heterocycles. The highest BCUT2D eigenvalue weighted by molar-refractivity contribution is 7.70. The quantitative estimate of drug-likeness (QED) is 0.257. The number of nitrogens with two attached hydrogens (primary N) is 1. The van der Waals surface area contributed by atoms with Gasteiger partial charge < -0.3 is 25.8 Å². The first-order valence-electron chi connectivity index (χ1n) is 12.8. The van der Waals surface area contributed by atoms with Crippen molar-refractivity contribution in [3.63, 3.8) is 0 Å². The highest BCUT2D eigenvalue weighted by Gasteiger charge is 2.45. The van der Waals surface area contributed by atoms with Crippen LogP contribution in [0.1, 0.15) is 31.2 Å². The van der Waals surface area contributed by atoms with Gasteiger partial charge >= 0.3 is 6.18 Å². The fourth-order valence-electron chi connectivity index (χ4n) is 5.62. The molecule has 1 aliphatic carbocycles. The highest BCUT2D eigenvalue weighted by atomic mass is 35.5. The summed E-state index contributed by atoms with van der Waals surface area (Å²) in [4.78, 5) is 10.3. The van der Waals surface area contributed by atoms with Gasteiger partial charge in [-0.1, -0.05) is 23.7 Å². The lowest BCUT2D eigenvalue weighted by Crippen LogP contribution is -2.52. The molecule has 4 N–H and O–H groups in total. The zero-order chi connectivity index (χ0) is 28.0. The molecule has 13 heteroatoms. The summed E-state index contributed by atoms with van der Waals surface area (Å²) in [6, 6.07) is 11.5. The van der Waals surface area contributed by atoms with Gasteiger partial charge in [-0.3, -0.25) is 0 Å². The van der Waals surface area contributed by atoms with Crippen LogP contribution in [0.3, 0.4) is 0 Å². The summed E-state index contributed by atoms with van der Waals surface area (Å²) < 4.78 is 55.2. The van der Waals surface area contributed by atoms with Crippen molar-refractivity contribution >= 4 is 65.3 Å². The minimum atomic E-state index is -4.54. The third kappa shape index (κ3) is 6.51. The number of rotatable bonds is 6. The van der Waals surface area contributed by atoms with E-state index in [0.29, 0.717) is 24.1 Å². The average Bonchev–Trinajstić information content (AvgIpc) is 2.85. The van der Waals surface area contributed by atoms with Crippen molar-refractivity contribution in [2.75, 3.05) is 42.0 Å². The molecule has 1 saturated carbocycles. The Morgan fingerprint density at radius 3 is 2.40 bits per heavy atom. The molecule has 0 unspecified atom stereocenters. The Morgan fingerprint density at radius 2 is 1.77 bits per heavy atom. The zero-order valence-electron chi connectivity index (χ0n) is 22.1. The van der Waals surface area contributed by atoms with Crippen molar-refractivity contribution in [2.45, 2.75) is 37.9 Å². The van der Waals surface area contributed by atoms with Gasteiger partial charge in [0.15, 0.2) is 5.82 Å². The Balaban J connectivity index is 0.00000370. The van der Waals surface area contributed by atoms with Crippen molar-refractivity contribution in [1.29, 1.82) is 0 Å². The first-order valence-corrected chi connectivity index (χ1v) is 15.7. The number of aromatic nitrogens is 2. The van der Waals surface area contributed by atoms with E-state index in [9.17, 15) is 17.7 Å². The van der Waals surface area contributed by atoms with Crippen LogP contribution in [-0.2, 0) is 10.7 Å². The number of nitrogens with one attached hydrogen (secondary N) is 2. The molecule has 5 rings (SSSR count). The maximum atomic E-state index is 14.1. The lowest BCUT2D eigenvalue weighted by Gasteiger charge is -2.51. The topological polar surface area (TPSA) is 96.2 Å². The van der Waals surface area contributed by atoms with Crippen LogP contribution in [-0.4, -0.2) is 42.4 Å². The van der Waals surface area contributed by atoms with E-state index in [0.717, 1.165) is 31.7 Å². The molecule has 2 aliphatic rings. The molecule has 216 valence electrons. The van der Waals surface area contributed by atoms with Gasteiger partial charge in [0, 0.05) is 35.8 Å². The molecular formula is C27H32Cl2F3N6OP. The minimum absolute atomic E-state index is 0. The number of piperidine rings is 1. The summed E-state index contributed by atoms with van der Waals surface area (Å²) in [5.41, 5.74) is 6.40. The Hall–Kier alpha value is -2.52. The molecule has 0 amide bonds. The lowest BCUT2D eigenvalue weighted by molar-refractivity contribution is -0.137. The molecule has 2 heterocycles. The van der Waals surface area contributed by atoms with E-state index in [2.05, 4.69) is 20.6 Å². The number of para-hydroxylation sites is 1. The summed E-state index contributed by atoms with van der Waals surface area (Å²) in [7, 11) is -2.60. The number of hydrogen-bond acceptors (Lipinski definition) is 7. The molecule has 0 atom stereocenters. The van der Waals surface area contributed by atoms with Gasteiger partial charge in [0.1, 0.15) is 12.2 Å². The van der Waals surface area contributed by atoms with Crippen LogP contribution in [0.4, 0.5) is 42.0 Å². The molecule has 2 fully saturated rings. The molecule has 2 aromatic carbocycles. The van der Waals surface area contributed by atoms with Crippen molar-refractivity contribution in [3.05, 3.63) is 59.2 Å². The average molecular weight is 615 g/mol. The largest absolute Gasteiger partial charge is 0.418 e. The van der Waals surface area contributed by atoms with Crippen LogP contribution in [0.2, 0.25) is 5.02 Å². The van der Waals surface area contributed by atoms with Gasteiger partial charge in [-0.05, 0) is 74.8 Å². The molecule has 0 bridgehead atoms. The summed E-state index contributed by atoms with van der Waals surface area (Å²) >= 11 is 6.30. The predicted octanol–water partition coefficient (Wildman–Crippen LogP) is 7.01. The summed E-state index contributed by atoms with van der Waals surface area (Å²) in [5.74, 6) is 0.304. The van der Waals surface area contributed by atoms with Crippen LogP contribution in [0.25, 0.3) is 0 Å². The molecule has 7 nitrogen and oxygen atoms in total. The van der Waals surface area contributed by atoms with E-state index in [1.54, 1.807) is 43.7 Å². The SMILES string of the molecule is CP(C)(=O)c1ccccc1Nc1nc(Nc2ccc(N3CCC4(CC3)CC(N)C4)c(C(F)(F)F)c2)ncc1Cl.Cl. The van der Waals surface area contributed by atoms with Gasteiger partial charge in [0.05, 0.1) is 17.4 Å². The third-order valence-electron chi connectivity index (χ3n) is 7.59. The Morgan fingerprint density at radius 1 is 1.10 bits per heavy atom. The van der Waals surface area contributed by atoms with E-state index in [4.69, 9.17) is 17.3 Å². The second-order valence-electron chi connectivity index (χ2n) is 10.9. The third-order valence-corrected chi connectivity index (χ3v) is 9.42. The van der Waals surface area contributed by atoms with E-state index in [1.807, 2.05) is 4.90 Å². The second kappa shape index (κ2) is 11.4. The molecule has 0 radical (unpaired) electrons. The maximum Gasteiger partial charge on any atom is 0.418 e. The summed E-state index contributed by atoms with van der Waals surface area (Å²) in [5, 5.41) is 6.80. The van der Waals surface area contributed by atoms with Crippen molar-refractivity contribution in [1.82, 2.24) is 9.97 Å². The zero-order valence-corrected chi connectivity index (χ0v) is 24.6. The highest BCUT2D eigenvalue weighted by Crippen LogP contribution is 2.50. The van der Waals surface area contributed by atoms with E-state index in [1.165, 1.54) is 12.3 Å². The standard InChI is InChI=1S/C27H31ClF3N6OP.ClH/c1-39(2,38)23-6-4-3-5-21(23)35-24-20(28)16-33-25(36-24)34-18-7-8-22(19(13-18)27(29,30)31)37-11-9-26(10-12-37)14-17(32)15-26;/h3-8,13,16-17H,9-12,14-15,32H2,1-2H3,(H2,33,34,35,36);1H. The van der Waals surface area contributed by atoms with Crippen LogP contribution in [0.5, 0.6) is 0 Å². The normalized spacial score (nSPS) is 17.2. The number of alkyl halides is 3. The van der Waals surface area contributed by atoms with Crippen LogP contribution >= 0.6 is 31.1 Å². The smallest absolute Gasteiger partial charge is 0.371 e. The molecule has 40 heavy (non-hydrogen) atoms. The lowest BCUT2D eigenvalue weighted by atomic mass is 9.60. The molecule has 1 saturated heterocycles. The Bertz CT molecular complexity index is 1420. The summed E-state index contributed by atoms with van der Waals surface area (Å²) in [6.45, 7) is 4.47. The fraction of sp³-hybridized carbons (Fsp3) is 0.407. The Kier molecular flexibility index (Phi) is 8.67. The maximum absolute atomic E-state index is 14.1. The fourth-order valence-corrected chi connectivity index (χ4v) is 6.91. The number of anilines is 5. The number of halogens is 5. The molecular weight excluding hydrogens is 583 g/mol. The second-order valence-corrected chi connectivity index (χ2v) is 14.5. The van der Waals surface area contributed by atoms with Crippen LogP contribution in [0, 0.1) is 5.41 Å². The number of benzene rings is 2. The van der Waals surface area contributed by atoms with Gasteiger partial charge in [-0.25, -0.2) is 4.98 Å². The van der Waals surface area contributed by atoms with E-state index in [-0.39, 0.29) is 52.0 Å². The van der Waals surface area contributed by atoms with Crippen molar-refractivity contribution in [2.24, 2.45) is 11.1 Å². The number of hydrogen-bond donors (Lipinski definition) is 3. The van der Waals surface area contributed by atoms with Gasteiger partial charge in [-0.15, -0.1) is 12.4 Å². The monoisotopic (exact) mass is 614 g/mol. The molecule has 1 spiro atoms. The van der Waals surface area contributed by atoms with E-state index >= 15 is 0 Å². The molecule has 1 aromatic heterocycles. The van der Waals surface area contributed by atoms with Gasteiger partial charge in [0.25, 0.3) is 0 Å². The van der Waals surface area contributed by atoms with Crippen molar-refractivity contribution in [3.8, 4) is 0 Å². The summed E-state index contributed by atoms with van der Waals surface area (Å²) in [6.07, 6.45) is 0.425. The first-order chi connectivity index (χ1) is 18.3. The van der Waals surface area contributed by atoms with Crippen LogP contribution < -0.4 is 26.6 Å². The van der Waals surface area contributed by atoms with Gasteiger partial charge in [0.2, 0.25) is 5.95 Å². The Labute approximate surface area is 242 Å². The van der Waals surface area contributed by atoms with E-state index < -0.39 is 18.9 Å². The molecule has 3 aromatic rings. The number of nitrogens with zero attached hydrogens (tertiary/aromatic N) is 3. The first kappa shape index (κ1) is 30.4. The van der Waals surface area contributed by atoms with Crippen molar-refractivity contribution < 1.29 is 17.7 Å². The minimum Gasteiger partial charge on any atom is -0.371 e.